The Balaban J connectivity index is 1.66. The van der Waals surface area contributed by atoms with Crippen molar-refractivity contribution >= 4 is 46.3 Å². The van der Waals surface area contributed by atoms with Gasteiger partial charge < -0.3 is 19.9 Å². The number of benzene rings is 3. The van der Waals surface area contributed by atoms with E-state index >= 15 is 0 Å². The Kier molecular flexibility index (Phi) is 11.9. The van der Waals surface area contributed by atoms with Gasteiger partial charge in [0.05, 0.1) is 24.6 Å². The second kappa shape index (κ2) is 15.3. The summed E-state index contributed by atoms with van der Waals surface area (Å²) in [6, 6.07) is 20.2. The Labute approximate surface area is 244 Å². The molecule has 8 nitrogen and oxygen atoms in total. The molecule has 0 spiro atoms. The van der Waals surface area contributed by atoms with Crippen molar-refractivity contribution < 1.29 is 14.3 Å². The van der Waals surface area contributed by atoms with Gasteiger partial charge in [-0.05, 0) is 108 Å². The predicted octanol–water partition coefficient (Wildman–Crippen LogP) is 5.09. The molecule has 0 bridgehead atoms. The van der Waals surface area contributed by atoms with E-state index in [1.54, 1.807) is 31.5 Å². The number of carbonyl (C=O) groups is 2. The third-order valence-electron chi connectivity index (χ3n) is 6.30. The topological polar surface area (TPSA) is 86.3 Å². The van der Waals surface area contributed by atoms with Gasteiger partial charge in [-0.1, -0.05) is 26.0 Å². The fraction of sp³-hybridized carbons (Fsp3) is 0.300. The van der Waals surface area contributed by atoms with Gasteiger partial charge in [0, 0.05) is 28.8 Å². The van der Waals surface area contributed by atoms with Crippen LogP contribution in [0.2, 0.25) is 0 Å². The maximum absolute atomic E-state index is 13.2. The largest absolute Gasteiger partial charge is 0.497 e. The van der Waals surface area contributed by atoms with Crippen LogP contribution in [0.5, 0.6) is 5.75 Å². The number of methoxy groups -OCH3 is 1. The molecule has 0 heterocycles. The number of halogens is 1. The molecule has 3 aromatic rings. The van der Waals surface area contributed by atoms with Gasteiger partial charge >= 0.3 is 0 Å². The number of hydrogen-bond acceptors (Lipinski definition) is 6. The highest BCUT2D eigenvalue weighted by atomic mass is 127. The quantitative estimate of drug-likeness (QED) is 0.154. The smallest absolute Gasteiger partial charge is 0.273 e. The summed E-state index contributed by atoms with van der Waals surface area (Å²) >= 11 is 2.13. The van der Waals surface area contributed by atoms with E-state index in [9.17, 15) is 9.59 Å². The predicted molar refractivity (Wildman–Crippen MR) is 166 cm³/mol. The summed E-state index contributed by atoms with van der Waals surface area (Å²) < 4.78 is 6.02. The zero-order valence-electron chi connectivity index (χ0n) is 22.9. The minimum Gasteiger partial charge on any atom is -0.497 e. The maximum Gasteiger partial charge on any atom is 0.273 e. The van der Waals surface area contributed by atoms with Gasteiger partial charge in [-0.3, -0.25) is 9.59 Å². The van der Waals surface area contributed by atoms with Gasteiger partial charge in [-0.2, -0.15) is 5.10 Å². The monoisotopic (exact) mass is 641 g/mol. The molecule has 3 aromatic carbocycles. The Morgan fingerprint density at radius 3 is 2.41 bits per heavy atom. The van der Waals surface area contributed by atoms with E-state index in [1.165, 1.54) is 0 Å². The Morgan fingerprint density at radius 1 is 0.974 bits per heavy atom. The van der Waals surface area contributed by atoms with Crippen LogP contribution in [-0.4, -0.2) is 68.2 Å². The first kappa shape index (κ1) is 30.3. The molecule has 2 N–H and O–H groups in total. The lowest BCUT2D eigenvalue weighted by Gasteiger charge is -2.23. The number of rotatable bonds is 13. The van der Waals surface area contributed by atoms with Crippen molar-refractivity contribution in [2.24, 2.45) is 5.10 Å². The lowest BCUT2D eigenvalue weighted by molar-refractivity contribution is 0.0956. The third-order valence-corrected chi connectivity index (χ3v) is 6.97. The molecule has 0 saturated heterocycles. The molecule has 9 heteroatoms. The minimum atomic E-state index is -0.419. The molecule has 206 valence electrons. The molecule has 0 unspecified atom stereocenters. The molecule has 0 aliphatic rings. The van der Waals surface area contributed by atoms with E-state index in [-0.39, 0.29) is 5.91 Å². The number of nitrogens with zero attached hydrogens (tertiary/aromatic N) is 3. The first-order chi connectivity index (χ1) is 18.8. The third kappa shape index (κ3) is 9.45. The highest BCUT2D eigenvalue weighted by Gasteiger charge is 2.15. The van der Waals surface area contributed by atoms with E-state index < -0.39 is 5.91 Å². The molecular formula is C30H36IN5O3. The average molecular weight is 642 g/mol. The second-order valence-electron chi connectivity index (χ2n) is 9.08. The molecule has 39 heavy (non-hydrogen) atoms. The molecule has 0 fully saturated rings. The van der Waals surface area contributed by atoms with Gasteiger partial charge in [-0.25, -0.2) is 5.43 Å². The fourth-order valence-corrected chi connectivity index (χ4v) is 4.47. The Bertz CT molecular complexity index is 1280. The van der Waals surface area contributed by atoms with Crippen molar-refractivity contribution in [1.82, 2.24) is 15.2 Å². The summed E-state index contributed by atoms with van der Waals surface area (Å²) in [7, 11) is 3.69. The molecule has 0 aliphatic heterocycles. The van der Waals surface area contributed by atoms with E-state index in [4.69, 9.17) is 4.74 Å². The maximum atomic E-state index is 13.2. The van der Waals surface area contributed by atoms with Crippen LogP contribution in [0.25, 0.3) is 0 Å². The summed E-state index contributed by atoms with van der Waals surface area (Å²) in [6.45, 7) is 9.10. The van der Waals surface area contributed by atoms with Crippen molar-refractivity contribution in [2.45, 2.75) is 20.4 Å². The number of anilines is 1. The normalized spacial score (nSPS) is 11.3. The van der Waals surface area contributed by atoms with Gasteiger partial charge in [0.25, 0.3) is 11.8 Å². The fourth-order valence-electron chi connectivity index (χ4n) is 3.98. The van der Waals surface area contributed by atoms with Crippen molar-refractivity contribution in [2.75, 3.05) is 45.7 Å². The van der Waals surface area contributed by atoms with E-state index in [0.717, 1.165) is 53.2 Å². The molecule has 0 saturated carbocycles. The van der Waals surface area contributed by atoms with Crippen molar-refractivity contribution in [3.63, 3.8) is 0 Å². The zero-order chi connectivity index (χ0) is 28.2. The first-order valence-corrected chi connectivity index (χ1v) is 14.0. The van der Waals surface area contributed by atoms with Crippen molar-refractivity contribution in [1.29, 1.82) is 0 Å². The van der Waals surface area contributed by atoms with Gasteiger partial charge in [-0.15, -0.1) is 0 Å². The first-order valence-electron chi connectivity index (χ1n) is 12.9. The summed E-state index contributed by atoms with van der Waals surface area (Å²) in [4.78, 5) is 30.7. The summed E-state index contributed by atoms with van der Waals surface area (Å²) in [5.74, 6) is 0.0417. The van der Waals surface area contributed by atoms with Crippen LogP contribution in [0.3, 0.4) is 0 Å². The minimum absolute atomic E-state index is 0.278. The van der Waals surface area contributed by atoms with Crippen LogP contribution < -0.4 is 15.5 Å². The highest BCUT2D eigenvalue weighted by Crippen LogP contribution is 2.20. The van der Waals surface area contributed by atoms with E-state index in [1.807, 2.05) is 48.5 Å². The van der Waals surface area contributed by atoms with E-state index in [2.05, 4.69) is 69.1 Å². The van der Waals surface area contributed by atoms with Crippen LogP contribution >= 0.6 is 22.6 Å². The molecule has 3 rings (SSSR count). The number of nitrogens with one attached hydrogen (secondary N) is 2. The van der Waals surface area contributed by atoms with Gasteiger partial charge in [0.1, 0.15) is 5.75 Å². The molecular weight excluding hydrogens is 605 g/mol. The summed E-state index contributed by atoms with van der Waals surface area (Å²) in [6.07, 6.45) is 1.55. The van der Waals surface area contributed by atoms with Crippen LogP contribution in [0.4, 0.5) is 5.69 Å². The molecule has 0 atom stereocenters. The van der Waals surface area contributed by atoms with Crippen molar-refractivity contribution in [3.8, 4) is 5.75 Å². The van der Waals surface area contributed by atoms with Crippen LogP contribution in [0, 0.1) is 3.57 Å². The van der Waals surface area contributed by atoms with Crippen LogP contribution in [0.1, 0.15) is 45.7 Å². The number of carbonyl (C=O) groups excluding carboxylic acids is 2. The number of likely N-dealkylation sites (N-methyl/N-ethyl adjacent to an activating group) is 2. The standard InChI is InChI=1S/C30H36IN5O3/c1-5-36(6-2)17-16-35(3)21-23-8-7-9-24(18-23)29(37)33-28-15-12-25(31)19-27(28)30(38)34-32-20-22-10-13-26(39-4)14-11-22/h7-15,18-20H,5-6,16-17,21H2,1-4H3,(H,33,37)(H,34,38). The number of hydrogen-bond donors (Lipinski definition) is 2. The molecule has 0 aliphatic carbocycles. The second-order valence-corrected chi connectivity index (χ2v) is 10.3. The highest BCUT2D eigenvalue weighted by molar-refractivity contribution is 14.1. The zero-order valence-corrected chi connectivity index (χ0v) is 25.1. The number of hydrazone groups is 1. The van der Waals surface area contributed by atoms with Crippen LogP contribution in [0.15, 0.2) is 71.8 Å². The summed E-state index contributed by atoms with van der Waals surface area (Å²) in [5, 5.41) is 6.97. The average Bonchev–Trinajstić information content (AvgIpc) is 2.95. The molecule has 2 amide bonds. The molecule has 0 aromatic heterocycles. The summed E-state index contributed by atoms with van der Waals surface area (Å²) in [5.41, 5.74) is 5.69. The number of ether oxygens (including phenoxy) is 1. The SMILES string of the molecule is CCN(CC)CCN(C)Cc1cccc(C(=O)Nc2ccc(I)cc2C(=O)NN=Cc2ccc(OC)cc2)c1. The Hall–Kier alpha value is -3.28. The van der Waals surface area contributed by atoms with E-state index in [0.29, 0.717) is 16.8 Å². The molecule has 0 radical (unpaired) electrons. The van der Waals surface area contributed by atoms with Crippen LogP contribution in [-0.2, 0) is 6.54 Å². The Morgan fingerprint density at radius 2 is 1.72 bits per heavy atom. The van der Waals surface area contributed by atoms with Crippen molar-refractivity contribution in [3.05, 3.63) is 92.6 Å². The number of amides is 2. The lowest BCUT2D eigenvalue weighted by atomic mass is 10.1. The van der Waals surface area contributed by atoms with Gasteiger partial charge in [0.2, 0.25) is 0 Å². The van der Waals surface area contributed by atoms with Gasteiger partial charge in [0.15, 0.2) is 0 Å². The lowest BCUT2D eigenvalue weighted by Crippen LogP contribution is -2.32.